The number of hydrogen-bond donors (Lipinski definition) is 2. The number of halogens is 2. The average Bonchev–Trinajstić information content (AvgIpc) is 2.81. The molecule has 2 unspecified atom stereocenters. The Balaban J connectivity index is 1.71. The van der Waals surface area contributed by atoms with Crippen LogP contribution in [0, 0.1) is 5.41 Å². The maximum absolute atomic E-state index is 11.1. The molecule has 2 fully saturated rings. The van der Waals surface area contributed by atoms with Gasteiger partial charge in [-0.3, -0.25) is 0 Å². The Bertz CT molecular complexity index is 532. The molecule has 2 N–H and O–H groups in total. The van der Waals surface area contributed by atoms with Gasteiger partial charge in [-0.1, -0.05) is 23.2 Å². The number of nitrogens with zero attached hydrogens (tertiary/aromatic N) is 1. The molecule has 0 aliphatic carbocycles. The lowest BCUT2D eigenvalue weighted by molar-refractivity contribution is 0.0858. The van der Waals surface area contributed by atoms with Crippen LogP contribution in [-0.2, 0) is 6.42 Å². The fourth-order valence-corrected chi connectivity index (χ4v) is 3.85. The Morgan fingerprint density at radius 3 is 2.60 bits per heavy atom. The van der Waals surface area contributed by atoms with E-state index in [0.717, 1.165) is 24.9 Å². The average molecular weight is 315 g/mol. The van der Waals surface area contributed by atoms with Gasteiger partial charge in [0.15, 0.2) is 0 Å². The predicted molar refractivity (Wildman–Crippen MR) is 78.6 cm³/mol. The molecule has 1 aromatic carbocycles. The van der Waals surface area contributed by atoms with E-state index in [-0.39, 0.29) is 5.41 Å². The molecule has 2 heterocycles. The Morgan fingerprint density at radius 2 is 2.10 bits per heavy atom. The molecule has 1 aromatic rings. The summed E-state index contributed by atoms with van der Waals surface area (Å²) < 4.78 is 0. The van der Waals surface area contributed by atoms with E-state index < -0.39 is 6.09 Å². The number of likely N-dealkylation sites (tertiary alicyclic amines) is 1. The van der Waals surface area contributed by atoms with Crippen LogP contribution in [0.3, 0.4) is 0 Å². The number of carbonyl (C=O) groups is 1. The van der Waals surface area contributed by atoms with Crippen molar-refractivity contribution in [1.82, 2.24) is 10.2 Å². The molecule has 2 aliphatic heterocycles. The lowest BCUT2D eigenvalue weighted by atomic mass is 9.70. The largest absolute Gasteiger partial charge is 0.465 e. The highest BCUT2D eigenvalue weighted by molar-refractivity contribution is 6.34. The minimum Gasteiger partial charge on any atom is -0.465 e. The molecule has 108 valence electrons. The van der Waals surface area contributed by atoms with Gasteiger partial charge in [0.25, 0.3) is 0 Å². The highest BCUT2D eigenvalue weighted by atomic mass is 35.5. The fourth-order valence-electron chi connectivity index (χ4n) is 3.28. The molecule has 4 nitrogen and oxygen atoms in total. The van der Waals surface area contributed by atoms with Crippen LogP contribution in [-0.4, -0.2) is 41.8 Å². The second kappa shape index (κ2) is 5.10. The summed E-state index contributed by atoms with van der Waals surface area (Å²) in [6, 6.07) is 5.86. The monoisotopic (exact) mass is 314 g/mol. The van der Waals surface area contributed by atoms with Crippen LogP contribution in [0.1, 0.15) is 12.0 Å². The summed E-state index contributed by atoms with van der Waals surface area (Å²) in [5.41, 5.74) is 1.17. The second-order valence-electron chi connectivity index (χ2n) is 5.73. The van der Waals surface area contributed by atoms with E-state index in [4.69, 9.17) is 28.3 Å². The lowest BCUT2D eigenvalue weighted by Gasteiger charge is -2.48. The first-order valence-electron chi connectivity index (χ1n) is 6.65. The molecule has 0 aromatic heterocycles. The third kappa shape index (κ3) is 2.48. The van der Waals surface area contributed by atoms with E-state index >= 15 is 0 Å². The first kappa shape index (κ1) is 14.0. The summed E-state index contributed by atoms with van der Waals surface area (Å²) in [7, 11) is 0. The van der Waals surface area contributed by atoms with Crippen molar-refractivity contribution in [1.29, 1.82) is 0 Å². The van der Waals surface area contributed by atoms with Crippen molar-refractivity contribution in [2.75, 3.05) is 19.6 Å². The summed E-state index contributed by atoms with van der Waals surface area (Å²) in [4.78, 5) is 12.6. The Hall–Kier alpha value is -0.970. The van der Waals surface area contributed by atoms with Gasteiger partial charge in [-0.05, 0) is 36.6 Å². The fraction of sp³-hybridized carbons (Fsp3) is 0.500. The van der Waals surface area contributed by atoms with E-state index in [0.29, 0.717) is 29.2 Å². The van der Waals surface area contributed by atoms with Gasteiger partial charge in [0, 0.05) is 41.1 Å². The molecular formula is C14H16Cl2N2O2. The van der Waals surface area contributed by atoms with Crippen LogP contribution in [0.4, 0.5) is 4.79 Å². The molecule has 3 rings (SSSR count). The second-order valence-corrected chi connectivity index (χ2v) is 6.60. The molecule has 1 amide bonds. The third-order valence-corrected chi connectivity index (χ3v) is 4.89. The summed E-state index contributed by atoms with van der Waals surface area (Å²) in [5, 5.41) is 13.8. The number of amides is 1. The standard InChI is InChI=1S/C14H16Cl2N2O2/c15-10-3-9(4-11(16)6-10)5-12-14(7-17-12)1-2-18(8-14)13(19)20/h3-4,6,12,17H,1-2,5,7-8H2,(H,19,20). The van der Waals surface area contributed by atoms with Gasteiger partial charge >= 0.3 is 6.09 Å². The summed E-state index contributed by atoms with van der Waals surface area (Å²) in [6.45, 7) is 2.13. The molecule has 2 saturated heterocycles. The first-order chi connectivity index (χ1) is 9.48. The van der Waals surface area contributed by atoms with Gasteiger partial charge in [0.2, 0.25) is 0 Å². The number of benzene rings is 1. The van der Waals surface area contributed by atoms with Gasteiger partial charge in [-0.2, -0.15) is 0 Å². The number of carboxylic acid groups (broad SMARTS) is 1. The van der Waals surface area contributed by atoms with Crippen molar-refractivity contribution < 1.29 is 9.90 Å². The van der Waals surface area contributed by atoms with E-state index in [1.165, 1.54) is 4.90 Å². The first-order valence-corrected chi connectivity index (χ1v) is 7.40. The normalized spacial score (nSPS) is 28.7. The topological polar surface area (TPSA) is 52.6 Å². The van der Waals surface area contributed by atoms with E-state index in [1.54, 1.807) is 6.07 Å². The predicted octanol–water partition coefficient (Wildman–Crippen LogP) is 2.88. The smallest absolute Gasteiger partial charge is 0.407 e. The van der Waals surface area contributed by atoms with E-state index in [1.807, 2.05) is 12.1 Å². The summed E-state index contributed by atoms with van der Waals surface area (Å²) in [6.07, 6.45) is 0.928. The molecule has 6 heteroatoms. The van der Waals surface area contributed by atoms with Gasteiger partial charge in [-0.15, -0.1) is 0 Å². The van der Waals surface area contributed by atoms with E-state index in [9.17, 15) is 4.79 Å². The van der Waals surface area contributed by atoms with Crippen molar-refractivity contribution in [3.63, 3.8) is 0 Å². The molecule has 1 spiro atoms. The van der Waals surface area contributed by atoms with Crippen LogP contribution < -0.4 is 5.32 Å². The molecule has 0 radical (unpaired) electrons. The molecule has 0 bridgehead atoms. The van der Waals surface area contributed by atoms with Crippen LogP contribution in [0.5, 0.6) is 0 Å². The molecule has 0 saturated carbocycles. The van der Waals surface area contributed by atoms with Crippen molar-refractivity contribution in [3.05, 3.63) is 33.8 Å². The van der Waals surface area contributed by atoms with Crippen LogP contribution in [0.25, 0.3) is 0 Å². The van der Waals surface area contributed by atoms with Crippen molar-refractivity contribution in [3.8, 4) is 0 Å². The molecule has 20 heavy (non-hydrogen) atoms. The van der Waals surface area contributed by atoms with Crippen molar-refractivity contribution in [2.45, 2.75) is 18.9 Å². The Kier molecular flexibility index (Phi) is 3.56. The third-order valence-electron chi connectivity index (χ3n) is 4.46. The minimum atomic E-state index is -0.821. The Morgan fingerprint density at radius 1 is 1.40 bits per heavy atom. The highest BCUT2D eigenvalue weighted by Gasteiger charge is 2.51. The van der Waals surface area contributed by atoms with Crippen LogP contribution in [0.2, 0.25) is 10.0 Å². The zero-order valence-corrected chi connectivity index (χ0v) is 12.4. The van der Waals surface area contributed by atoms with Crippen LogP contribution in [0.15, 0.2) is 18.2 Å². The van der Waals surface area contributed by atoms with Gasteiger partial charge in [0.05, 0.1) is 0 Å². The number of nitrogens with one attached hydrogen (secondary N) is 1. The zero-order chi connectivity index (χ0) is 14.3. The summed E-state index contributed by atoms with van der Waals surface area (Å²) >= 11 is 12.0. The zero-order valence-electron chi connectivity index (χ0n) is 10.9. The molecular weight excluding hydrogens is 299 g/mol. The minimum absolute atomic E-state index is 0.0766. The highest BCUT2D eigenvalue weighted by Crippen LogP contribution is 2.41. The molecule has 2 atom stereocenters. The molecule has 2 aliphatic rings. The maximum Gasteiger partial charge on any atom is 0.407 e. The van der Waals surface area contributed by atoms with Gasteiger partial charge in [-0.25, -0.2) is 4.79 Å². The van der Waals surface area contributed by atoms with Crippen LogP contribution >= 0.6 is 23.2 Å². The lowest BCUT2D eigenvalue weighted by Crippen LogP contribution is -2.64. The van der Waals surface area contributed by atoms with Gasteiger partial charge < -0.3 is 15.3 Å². The summed E-state index contributed by atoms with van der Waals surface area (Å²) in [5.74, 6) is 0. The number of hydrogen-bond acceptors (Lipinski definition) is 2. The Labute approximate surface area is 127 Å². The quantitative estimate of drug-likeness (QED) is 0.882. The SMILES string of the molecule is O=C(O)N1CCC2(CNC2Cc2cc(Cl)cc(Cl)c2)C1. The van der Waals surface area contributed by atoms with Crippen molar-refractivity contribution >= 4 is 29.3 Å². The van der Waals surface area contributed by atoms with E-state index in [2.05, 4.69) is 5.32 Å². The maximum atomic E-state index is 11.1. The van der Waals surface area contributed by atoms with Gasteiger partial charge in [0.1, 0.15) is 0 Å². The van der Waals surface area contributed by atoms with Crippen molar-refractivity contribution in [2.24, 2.45) is 5.41 Å². The number of rotatable bonds is 2.